The van der Waals surface area contributed by atoms with Crippen LogP contribution < -0.4 is 0 Å². The minimum atomic E-state index is 0.708. The molecule has 0 saturated carbocycles. The second-order valence-electron chi connectivity index (χ2n) is 5.34. The minimum absolute atomic E-state index is 0.708. The Morgan fingerprint density at radius 3 is 2.57 bits per heavy atom. The molecule has 0 saturated heterocycles. The van der Waals surface area contributed by atoms with E-state index in [2.05, 4.69) is 36.0 Å². The van der Waals surface area contributed by atoms with Crippen LogP contribution >= 0.6 is 0 Å². The molecule has 110 valence electrons. The molecular formula is C20H14N2O. The molecule has 4 aromatic rings. The van der Waals surface area contributed by atoms with Gasteiger partial charge in [-0.2, -0.15) is 0 Å². The van der Waals surface area contributed by atoms with Crippen molar-refractivity contribution in [2.45, 2.75) is 6.92 Å². The van der Waals surface area contributed by atoms with Gasteiger partial charge in [-0.1, -0.05) is 29.8 Å². The number of rotatable bonds is 1. The zero-order valence-corrected chi connectivity index (χ0v) is 12.7. The number of furan rings is 1. The topological polar surface area (TPSA) is 31.0 Å². The van der Waals surface area contributed by atoms with Gasteiger partial charge < -0.3 is 4.42 Å². The molecule has 2 heterocycles. The van der Waals surface area contributed by atoms with Gasteiger partial charge in [0.25, 0.3) is 0 Å². The van der Waals surface area contributed by atoms with E-state index in [1.807, 2.05) is 53.1 Å². The molecule has 0 N–H and O–H groups in total. The molecule has 0 aliphatic carbocycles. The molecule has 0 radical (unpaired) electrons. The highest BCUT2D eigenvalue weighted by Gasteiger charge is 2.12. The Bertz CT molecular complexity index is 1010. The van der Waals surface area contributed by atoms with Gasteiger partial charge in [-0.15, -0.1) is 0 Å². The van der Waals surface area contributed by atoms with E-state index in [-0.39, 0.29) is 0 Å². The van der Waals surface area contributed by atoms with E-state index in [0.29, 0.717) is 5.76 Å². The van der Waals surface area contributed by atoms with Gasteiger partial charge in [-0.25, -0.2) is 9.55 Å². The van der Waals surface area contributed by atoms with Gasteiger partial charge in [0.2, 0.25) is 0 Å². The van der Waals surface area contributed by atoms with Gasteiger partial charge >= 0.3 is 0 Å². The lowest BCUT2D eigenvalue weighted by molar-refractivity contribution is 0.577. The van der Waals surface area contributed by atoms with Crippen LogP contribution in [0.1, 0.15) is 11.1 Å². The highest BCUT2D eigenvalue weighted by molar-refractivity contribution is 5.81. The molecule has 0 spiro atoms. The maximum atomic E-state index is 5.51. The van der Waals surface area contributed by atoms with Crippen molar-refractivity contribution < 1.29 is 4.42 Å². The lowest BCUT2D eigenvalue weighted by Crippen LogP contribution is -1.92. The first-order valence-electron chi connectivity index (χ1n) is 7.41. The van der Waals surface area contributed by atoms with E-state index in [1.54, 1.807) is 6.26 Å². The fraction of sp³-hybridized carbons (Fsp3) is 0.0500. The highest BCUT2D eigenvalue weighted by Crippen LogP contribution is 2.24. The van der Waals surface area contributed by atoms with E-state index in [4.69, 9.17) is 4.42 Å². The Labute approximate surface area is 134 Å². The van der Waals surface area contributed by atoms with Crippen molar-refractivity contribution in [3.05, 3.63) is 78.1 Å². The average molecular weight is 298 g/mol. The molecule has 4 rings (SSSR count). The molecule has 0 atom stereocenters. The first kappa shape index (κ1) is 13.4. The summed E-state index contributed by atoms with van der Waals surface area (Å²) >= 11 is 0. The Kier molecular flexibility index (Phi) is 3.21. The third kappa shape index (κ3) is 2.51. The first-order chi connectivity index (χ1) is 11.3. The van der Waals surface area contributed by atoms with Crippen molar-refractivity contribution in [1.29, 1.82) is 0 Å². The van der Waals surface area contributed by atoms with Gasteiger partial charge in [-0.05, 0) is 49.2 Å². The molecule has 3 nitrogen and oxygen atoms in total. The lowest BCUT2D eigenvalue weighted by Gasteiger charge is -1.98. The summed E-state index contributed by atoms with van der Waals surface area (Å²) < 4.78 is 7.39. The molecule has 0 unspecified atom stereocenters. The van der Waals surface area contributed by atoms with Crippen LogP contribution in [0.4, 0.5) is 0 Å². The summed E-state index contributed by atoms with van der Waals surface area (Å²) in [5.74, 6) is 4.63. The quantitative estimate of drug-likeness (QED) is 0.486. The smallest absolute Gasteiger partial charge is 0.189 e. The summed E-state index contributed by atoms with van der Waals surface area (Å²) in [4.78, 5) is 4.65. The molecule has 0 amide bonds. The van der Waals surface area contributed by atoms with Crippen molar-refractivity contribution in [3.8, 4) is 23.5 Å². The number of nitrogens with zero attached hydrogens (tertiary/aromatic N) is 2. The number of hydrogen-bond donors (Lipinski definition) is 0. The third-order valence-electron chi connectivity index (χ3n) is 3.67. The molecule has 0 aliphatic heterocycles. The molecular weight excluding hydrogens is 284 g/mol. The summed E-state index contributed by atoms with van der Waals surface area (Å²) in [6, 6.07) is 23.1. The summed E-state index contributed by atoms with van der Waals surface area (Å²) in [5.41, 5.74) is 4.06. The summed E-state index contributed by atoms with van der Waals surface area (Å²) in [6.45, 7) is 2.07. The Balaban J connectivity index is 1.88. The van der Waals surface area contributed by atoms with E-state index in [9.17, 15) is 0 Å². The highest BCUT2D eigenvalue weighted by atomic mass is 16.3. The van der Waals surface area contributed by atoms with Crippen LogP contribution in [0.2, 0.25) is 0 Å². The zero-order chi connectivity index (χ0) is 15.6. The summed E-state index contributed by atoms with van der Waals surface area (Å²) in [7, 11) is 0. The van der Waals surface area contributed by atoms with Crippen molar-refractivity contribution in [2.75, 3.05) is 0 Å². The average Bonchev–Trinajstić information content (AvgIpc) is 3.22. The van der Waals surface area contributed by atoms with Crippen LogP contribution in [0, 0.1) is 18.9 Å². The fourth-order valence-corrected chi connectivity index (χ4v) is 2.47. The molecule has 0 aliphatic rings. The number of imidazole rings is 1. The third-order valence-corrected chi connectivity index (χ3v) is 3.67. The Morgan fingerprint density at radius 1 is 0.957 bits per heavy atom. The summed E-state index contributed by atoms with van der Waals surface area (Å²) in [6.07, 6.45) is 1.65. The van der Waals surface area contributed by atoms with E-state index < -0.39 is 0 Å². The van der Waals surface area contributed by atoms with Gasteiger partial charge in [0.15, 0.2) is 11.6 Å². The standard InChI is InChI=1S/C20H14N2O/c1-15-8-10-16(11-9-15)12-13-22-18-6-3-2-5-17(18)21-20(22)19-7-4-14-23-19/h2-11,14H,1H3. The Morgan fingerprint density at radius 2 is 1.78 bits per heavy atom. The van der Waals surface area contributed by atoms with Crippen LogP contribution in [0.25, 0.3) is 22.6 Å². The SMILES string of the molecule is Cc1ccc(C#Cn2c(-c3ccco3)nc3ccccc32)cc1. The van der Waals surface area contributed by atoms with Crippen molar-refractivity contribution in [2.24, 2.45) is 0 Å². The Hall–Kier alpha value is -3.25. The molecule has 3 heteroatoms. The zero-order valence-electron chi connectivity index (χ0n) is 12.7. The number of fused-ring (bicyclic) bond motifs is 1. The number of para-hydroxylation sites is 2. The molecule has 2 aromatic carbocycles. The van der Waals surface area contributed by atoms with Crippen LogP contribution in [-0.2, 0) is 0 Å². The number of hydrogen-bond acceptors (Lipinski definition) is 2. The molecule has 2 aromatic heterocycles. The van der Waals surface area contributed by atoms with Crippen LogP contribution in [0.5, 0.6) is 0 Å². The van der Waals surface area contributed by atoms with Gasteiger partial charge in [-0.3, -0.25) is 0 Å². The van der Waals surface area contributed by atoms with E-state index in [0.717, 1.165) is 22.4 Å². The first-order valence-corrected chi connectivity index (χ1v) is 7.41. The van der Waals surface area contributed by atoms with E-state index >= 15 is 0 Å². The van der Waals surface area contributed by atoms with Crippen molar-refractivity contribution in [3.63, 3.8) is 0 Å². The maximum absolute atomic E-state index is 5.51. The van der Waals surface area contributed by atoms with Crippen LogP contribution in [-0.4, -0.2) is 9.55 Å². The fourth-order valence-electron chi connectivity index (χ4n) is 2.47. The minimum Gasteiger partial charge on any atom is -0.461 e. The van der Waals surface area contributed by atoms with Gasteiger partial charge in [0, 0.05) is 11.6 Å². The number of aromatic nitrogens is 2. The van der Waals surface area contributed by atoms with Crippen molar-refractivity contribution in [1.82, 2.24) is 9.55 Å². The predicted molar refractivity (Wildman–Crippen MR) is 90.9 cm³/mol. The largest absolute Gasteiger partial charge is 0.461 e. The van der Waals surface area contributed by atoms with Gasteiger partial charge in [0.05, 0.1) is 17.3 Å². The lowest BCUT2D eigenvalue weighted by atomic mass is 10.2. The maximum Gasteiger partial charge on any atom is 0.189 e. The molecule has 23 heavy (non-hydrogen) atoms. The monoisotopic (exact) mass is 298 g/mol. The number of aryl methyl sites for hydroxylation is 1. The van der Waals surface area contributed by atoms with Crippen LogP contribution in [0.15, 0.2) is 71.3 Å². The molecule has 0 fully saturated rings. The van der Waals surface area contributed by atoms with Crippen molar-refractivity contribution >= 4 is 11.0 Å². The summed E-state index contributed by atoms with van der Waals surface area (Å²) in [5, 5.41) is 0. The van der Waals surface area contributed by atoms with Crippen LogP contribution in [0.3, 0.4) is 0 Å². The second-order valence-corrected chi connectivity index (χ2v) is 5.34. The van der Waals surface area contributed by atoms with Gasteiger partial charge in [0.1, 0.15) is 0 Å². The normalized spacial score (nSPS) is 10.5. The molecule has 0 bridgehead atoms. The van der Waals surface area contributed by atoms with E-state index in [1.165, 1.54) is 5.56 Å². The second kappa shape index (κ2) is 5.51. The number of benzene rings is 2. The predicted octanol–water partition coefficient (Wildman–Crippen LogP) is 4.46.